The SMILES string of the molecule is CCNC(=NCc1ccc(C(=O)NC)cc1)NCc1ccc(C)cc1OCC1CC1. The van der Waals surface area contributed by atoms with Gasteiger partial charge in [0.15, 0.2) is 5.96 Å². The third-order valence-electron chi connectivity index (χ3n) is 5.05. The molecule has 1 aliphatic rings. The van der Waals surface area contributed by atoms with Crippen LogP contribution in [0.2, 0.25) is 0 Å². The zero-order valence-electron chi connectivity index (χ0n) is 18.1. The minimum Gasteiger partial charge on any atom is -0.493 e. The van der Waals surface area contributed by atoms with Crippen LogP contribution in [-0.4, -0.2) is 32.1 Å². The molecule has 1 amide bonds. The summed E-state index contributed by atoms with van der Waals surface area (Å²) in [5, 5.41) is 9.32. The molecule has 3 rings (SSSR count). The number of guanidine groups is 1. The Labute approximate surface area is 179 Å². The molecule has 6 nitrogen and oxygen atoms in total. The van der Waals surface area contributed by atoms with Crippen molar-refractivity contribution in [1.82, 2.24) is 16.0 Å². The van der Waals surface area contributed by atoms with E-state index in [1.165, 1.54) is 18.4 Å². The monoisotopic (exact) mass is 408 g/mol. The van der Waals surface area contributed by atoms with Crippen molar-refractivity contribution in [1.29, 1.82) is 0 Å². The molecular weight excluding hydrogens is 376 g/mol. The summed E-state index contributed by atoms with van der Waals surface area (Å²) in [5.41, 5.74) is 4.02. The number of rotatable bonds is 9. The van der Waals surface area contributed by atoms with Gasteiger partial charge < -0.3 is 20.7 Å². The Morgan fingerprint density at radius 3 is 2.57 bits per heavy atom. The smallest absolute Gasteiger partial charge is 0.251 e. The third-order valence-corrected chi connectivity index (χ3v) is 5.05. The highest BCUT2D eigenvalue weighted by Gasteiger charge is 2.22. The second-order valence-corrected chi connectivity index (χ2v) is 7.69. The summed E-state index contributed by atoms with van der Waals surface area (Å²) in [5.74, 6) is 2.34. The lowest BCUT2D eigenvalue weighted by Gasteiger charge is -2.15. The Hall–Kier alpha value is -3.02. The third kappa shape index (κ3) is 6.51. The standard InChI is InChI=1S/C24H32N4O2/c1-4-26-24(27-14-18-8-11-20(12-9-18)23(29)25-3)28-15-21-10-5-17(2)13-22(21)30-16-19-6-7-19/h5,8-13,19H,4,6-7,14-16H2,1-3H3,(H,25,29)(H2,26,27,28). The highest BCUT2D eigenvalue weighted by Crippen LogP contribution is 2.30. The van der Waals surface area contributed by atoms with Crippen molar-refractivity contribution in [2.45, 2.75) is 39.8 Å². The molecule has 0 heterocycles. The lowest BCUT2D eigenvalue weighted by molar-refractivity contribution is 0.0963. The summed E-state index contributed by atoms with van der Waals surface area (Å²) in [7, 11) is 1.63. The highest BCUT2D eigenvalue weighted by molar-refractivity contribution is 5.93. The fourth-order valence-electron chi connectivity index (χ4n) is 3.03. The Morgan fingerprint density at radius 1 is 1.13 bits per heavy atom. The molecule has 160 valence electrons. The molecule has 0 aromatic heterocycles. The maximum absolute atomic E-state index is 11.7. The maximum Gasteiger partial charge on any atom is 0.251 e. The van der Waals surface area contributed by atoms with Gasteiger partial charge in [0.1, 0.15) is 5.75 Å². The number of nitrogens with one attached hydrogen (secondary N) is 3. The Morgan fingerprint density at radius 2 is 1.90 bits per heavy atom. The highest BCUT2D eigenvalue weighted by atomic mass is 16.5. The molecule has 2 aromatic carbocycles. The fourth-order valence-corrected chi connectivity index (χ4v) is 3.03. The molecule has 30 heavy (non-hydrogen) atoms. The van der Waals surface area contributed by atoms with Gasteiger partial charge in [-0.3, -0.25) is 4.79 Å². The lowest BCUT2D eigenvalue weighted by Crippen LogP contribution is -2.36. The van der Waals surface area contributed by atoms with Crippen LogP contribution in [0.1, 0.15) is 46.8 Å². The zero-order valence-corrected chi connectivity index (χ0v) is 18.1. The van der Waals surface area contributed by atoms with Gasteiger partial charge in [0.25, 0.3) is 5.91 Å². The normalized spacial score (nSPS) is 13.6. The van der Waals surface area contributed by atoms with Crippen LogP contribution in [0.5, 0.6) is 5.75 Å². The maximum atomic E-state index is 11.7. The molecule has 0 radical (unpaired) electrons. The quantitative estimate of drug-likeness (QED) is 0.439. The zero-order chi connectivity index (χ0) is 21.3. The number of hydrogen-bond donors (Lipinski definition) is 3. The number of carbonyl (C=O) groups excluding carboxylic acids is 1. The van der Waals surface area contributed by atoms with E-state index < -0.39 is 0 Å². The summed E-state index contributed by atoms with van der Waals surface area (Å²) in [6.07, 6.45) is 2.56. The molecule has 1 fully saturated rings. The summed E-state index contributed by atoms with van der Waals surface area (Å²) in [6.45, 7) is 6.88. The molecule has 1 aliphatic carbocycles. The first kappa shape index (κ1) is 21.7. The van der Waals surface area contributed by atoms with Gasteiger partial charge in [0.05, 0.1) is 13.2 Å². The minimum absolute atomic E-state index is 0.0853. The Bertz CT molecular complexity index is 873. The summed E-state index contributed by atoms with van der Waals surface area (Å²) >= 11 is 0. The van der Waals surface area contributed by atoms with Gasteiger partial charge in [0, 0.05) is 31.3 Å². The van der Waals surface area contributed by atoms with Crippen LogP contribution in [0, 0.1) is 12.8 Å². The Kier molecular flexibility index (Phi) is 7.71. The molecule has 0 unspecified atom stereocenters. The first-order valence-corrected chi connectivity index (χ1v) is 10.6. The van der Waals surface area contributed by atoms with Crippen molar-refractivity contribution in [2.75, 3.05) is 20.2 Å². The van der Waals surface area contributed by atoms with Gasteiger partial charge in [-0.25, -0.2) is 4.99 Å². The van der Waals surface area contributed by atoms with E-state index in [9.17, 15) is 4.79 Å². The van der Waals surface area contributed by atoms with E-state index >= 15 is 0 Å². The number of hydrogen-bond acceptors (Lipinski definition) is 3. The summed E-state index contributed by atoms with van der Waals surface area (Å²) in [6, 6.07) is 13.8. The number of benzene rings is 2. The van der Waals surface area contributed by atoms with Gasteiger partial charge in [0.2, 0.25) is 0 Å². The lowest BCUT2D eigenvalue weighted by atomic mass is 10.1. The van der Waals surface area contributed by atoms with Crippen LogP contribution in [0.4, 0.5) is 0 Å². The van der Waals surface area contributed by atoms with E-state index in [1.54, 1.807) is 7.05 Å². The van der Waals surface area contributed by atoms with Crippen LogP contribution in [0.3, 0.4) is 0 Å². The van der Waals surface area contributed by atoms with Gasteiger partial charge >= 0.3 is 0 Å². The number of nitrogens with zero attached hydrogens (tertiary/aromatic N) is 1. The minimum atomic E-state index is -0.0853. The van der Waals surface area contributed by atoms with Crippen molar-refractivity contribution in [2.24, 2.45) is 10.9 Å². The second-order valence-electron chi connectivity index (χ2n) is 7.69. The topological polar surface area (TPSA) is 74.8 Å². The van der Waals surface area contributed by atoms with Crippen molar-refractivity contribution in [3.8, 4) is 5.75 Å². The molecule has 0 atom stereocenters. The first-order chi connectivity index (χ1) is 14.6. The van der Waals surface area contributed by atoms with E-state index in [4.69, 9.17) is 4.74 Å². The van der Waals surface area contributed by atoms with E-state index in [2.05, 4.69) is 46.1 Å². The van der Waals surface area contributed by atoms with E-state index in [1.807, 2.05) is 31.2 Å². The second kappa shape index (κ2) is 10.7. The van der Waals surface area contributed by atoms with Gasteiger partial charge in [-0.05, 0) is 61.9 Å². The van der Waals surface area contributed by atoms with Crippen molar-refractivity contribution in [3.63, 3.8) is 0 Å². The number of aliphatic imine (C=N–C) groups is 1. The number of aryl methyl sites for hydroxylation is 1. The molecule has 0 spiro atoms. The molecule has 0 aliphatic heterocycles. The molecule has 6 heteroatoms. The molecule has 0 saturated heterocycles. The summed E-state index contributed by atoms with van der Waals surface area (Å²) < 4.78 is 6.07. The average molecular weight is 409 g/mol. The van der Waals surface area contributed by atoms with Gasteiger partial charge in [-0.2, -0.15) is 0 Å². The van der Waals surface area contributed by atoms with Crippen LogP contribution in [0.25, 0.3) is 0 Å². The molecule has 3 N–H and O–H groups in total. The number of ether oxygens (including phenoxy) is 1. The fraction of sp³-hybridized carbons (Fsp3) is 0.417. The van der Waals surface area contributed by atoms with E-state index in [0.29, 0.717) is 18.7 Å². The molecule has 0 bridgehead atoms. The van der Waals surface area contributed by atoms with Crippen LogP contribution in [-0.2, 0) is 13.1 Å². The van der Waals surface area contributed by atoms with Crippen molar-refractivity contribution < 1.29 is 9.53 Å². The van der Waals surface area contributed by atoms with E-state index in [0.717, 1.165) is 41.9 Å². The van der Waals surface area contributed by atoms with Gasteiger partial charge in [-0.1, -0.05) is 24.3 Å². The average Bonchev–Trinajstić information content (AvgIpc) is 3.59. The summed E-state index contributed by atoms with van der Waals surface area (Å²) in [4.78, 5) is 16.3. The predicted octanol–water partition coefficient (Wildman–Crippen LogP) is 3.40. The predicted molar refractivity (Wildman–Crippen MR) is 121 cm³/mol. The number of carbonyl (C=O) groups is 1. The van der Waals surface area contributed by atoms with Crippen LogP contribution < -0.4 is 20.7 Å². The van der Waals surface area contributed by atoms with Crippen molar-refractivity contribution >= 4 is 11.9 Å². The molecular formula is C24H32N4O2. The van der Waals surface area contributed by atoms with Crippen LogP contribution >= 0.6 is 0 Å². The van der Waals surface area contributed by atoms with E-state index in [-0.39, 0.29) is 5.91 Å². The largest absolute Gasteiger partial charge is 0.493 e. The Balaban J connectivity index is 1.61. The van der Waals surface area contributed by atoms with Crippen LogP contribution in [0.15, 0.2) is 47.5 Å². The van der Waals surface area contributed by atoms with Gasteiger partial charge in [-0.15, -0.1) is 0 Å². The van der Waals surface area contributed by atoms with Crippen molar-refractivity contribution in [3.05, 3.63) is 64.7 Å². The number of amides is 1. The first-order valence-electron chi connectivity index (χ1n) is 10.6. The molecule has 1 saturated carbocycles. The molecule has 2 aromatic rings.